The Morgan fingerprint density at radius 2 is 2.03 bits per heavy atom. The maximum atomic E-state index is 12.8. The SMILES string of the molecule is CCOc1ccc(C)cc1C(C)NC(=O)/C(C#N)=C\N(CCO)Cc1ccccc1. The number of rotatable bonds is 10. The number of nitriles is 1. The Kier molecular flexibility index (Phi) is 8.92. The average Bonchev–Trinajstić information content (AvgIpc) is 2.74. The smallest absolute Gasteiger partial charge is 0.263 e. The highest BCUT2D eigenvalue weighted by molar-refractivity contribution is 5.97. The molecule has 158 valence electrons. The number of amides is 1. The minimum absolute atomic E-state index is 0.0168. The normalized spacial score (nSPS) is 12.0. The summed E-state index contributed by atoms with van der Waals surface area (Å²) in [5, 5.41) is 21.8. The third-order valence-electron chi connectivity index (χ3n) is 4.57. The van der Waals surface area contributed by atoms with Gasteiger partial charge in [0.15, 0.2) is 0 Å². The second kappa shape index (κ2) is 11.6. The third-order valence-corrected chi connectivity index (χ3v) is 4.57. The number of carbonyl (C=O) groups excluding carboxylic acids is 1. The van der Waals surface area contributed by atoms with Gasteiger partial charge < -0.3 is 20.1 Å². The Hall–Kier alpha value is -3.30. The highest BCUT2D eigenvalue weighted by Crippen LogP contribution is 2.26. The van der Waals surface area contributed by atoms with Crippen molar-refractivity contribution in [1.82, 2.24) is 10.2 Å². The topological polar surface area (TPSA) is 85.6 Å². The van der Waals surface area contributed by atoms with Crippen LogP contribution >= 0.6 is 0 Å². The predicted octanol–water partition coefficient (Wildman–Crippen LogP) is 3.47. The number of nitrogens with one attached hydrogen (secondary N) is 1. The molecule has 2 N–H and O–H groups in total. The fourth-order valence-corrected chi connectivity index (χ4v) is 3.10. The lowest BCUT2D eigenvalue weighted by Crippen LogP contribution is -2.30. The lowest BCUT2D eigenvalue weighted by atomic mass is 10.0. The van der Waals surface area contributed by atoms with Crippen molar-refractivity contribution in [3.05, 3.63) is 77.0 Å². The number of aryl methyl sites for hydroxylation is 1. The minimum Gasteiger partial charge on any atom is -0.494 e. The van der Waals surface area contributed by atoms with Gasteiger partial charge in [0.1, 0.15) is 17.4 Å². The molecule has 0 aliphatic heterocycles. The Labute approximate surface area is 178 Å². The summed E-state index contributed by atoms with van der Waals surface area (Å²) < 4.78 is 5.68. The molecule has 0 aliphatic carbocycles. The number of nitrogens with zero attached hydrogens (tertiary/aromatic N) is 2. The van der Waals surface area contributed by atoms with E-state index in [0.29, 0.717) is 25.4 Å². The molecule has 0 radical (unpaired) electrons. The summed E-state index contributed by atoms with van der Waals surface area (Å²) in [5.41, 5.74) is 2.92. The van der Waals surface area contributed by atoms with E-state index in [2.05, 4.69) is 5.32 Å². The van der Waals surface area contributed by atoms with E-state index in [1.807, 2.05) is 75.4 Å². The van der Waals surface area contributed by atoms with E-state index >= 15 is 0 Å². The monoisotopic (exact) mass is 407 g/mol. The standard InChI is InChI=1S/C24H29N3O3/c1-4-30-23-11-10-18(2)14-22(23)19(3)26-24(29)21(15-25)17-27(12-13-28)16-20-8-6-5-7-9-20/h5-11,14,17,19,28H,4,12-13,16H2,1-3H3,(H,26,29)/b21-17-. The van der Waals surface area contributed by atoms with Gasteiger partial charge in [0, 0.05) is 24.9 Å². The number of carbonyl (C=O) groups is 1. The lowest BCUT2D eigenvalue weighted by Gasteiger charge is -2.21. The van der Waals surface area contributed by atoms with Crippen LogP contribution < -0.4 is 10.1 Å². The van der Waals surface area contributed by atoms with Gasteiger partial charge in [0.05, 0.1) is 19.3 Å². The van der Waals surface area contributed by atoms with E-state index in [9.17, 15) is 15.2 Å². The van der Waals surface area contributed by atoms with E-state index in [4.69, 9.17) is 4.74 Å². The number of benzene rings is 2. The second-order valence-corrected chi connectivity index (χ2v) is 7.00. The highest BCUT2D eigenvalue weighted by atomic mass is 16.5. The van der Waals surface area contributed by atoms with Crippen LogP contribution in [0.15, 0.2) is 60.3 Å². The first-order chi connectivity index (χ1) is 14.5. The first-order valence-corrected chi connectivity index (χ1v) is 10.0. The molecule has 0 bridgehead atoms. The van der Waals surface area contributed by atoms with E-state index in [0.717, 1.165) is 16.7 Å². The number of hydrogen-bond acceptors (Lipinski definition) is 5. The van der Waals surface area contributed by atoms with Gasteiger partial charge >= 0.3 is 0 Å². The molecule has 2 aromatic rings. The zero-order valence-electron chi connectivity index (χ0n) is 17.8. The largest absolute Gasteiger partial charge is 0.494 e. The van der Waals surface area contributed by atoms with Crippen molar-refractivity contribution in [2.45, 2.75) is 33.4 Å². The van der Waals surface area contributed by atoms with Crippen molar-refractivity contribution in [2.75, 3.05) is 19.8 Å². The van der Waals surface area contributed by atoms with Gasteiger partial charge in [-0.15, -0.1) is 0 Å². The number of aliphatic hydroxyl groups excluding tert-OH is 1. The Bertz CT molecular complexity index is 904. The lowest BCUT2D eigenvalue weighted by molar-refractivity contribution is -0.117. The van der Waals surface area contributed by atoms with Crippen LogP contribution in [0.25, 0.3) is 0 Å². The summed E-state index contributed by atoms with van der Waals surface area (Å²) in [5.74, 6) is 0.245. The molecule has 1 unspecified atom stereocenters. The molecule has 2 aromatic carbocycles. The van der Waals surface area contributed by atoms with Gasteiger partial charge in [-0.2, -0.15) is 5.26 Å². The molecule has 30 heavy (non-hydrogen) atoms. The maximum absolute atomic E-state index is 12.8. The first kappa shape index (κ1) is 23.0. The number of ether oxygens (including phenoxy) is 1. The Balaban J connectivity index is 2.18. The van der Waals surface area contributed by atoms with Crippen molar-refractivity contribution in [1.29, 1.82) is 5.26 Å². The fraction of sp³-hybridized carbons (Fsp3) is 0.333. The summed E-state index contributed by atoms with van der Waals surface area (Å²) in [6, 6.07) is 17.1. The van der Waals surface area contributed by atoms with Crippen LogP contribution in [0.5, 0.6) is 5.75 Å². The van der Waals surface area contributed by atoms with E-state index < -0.39 is 5.91 Å². The van der Waals surface area contributed by atoms with E-state index in [-0.39, 0.29) is 18.2 Å². The van der Waals surface area contributed by atoms with Gasteiger partial charge in [-0.3, -0.25) is 4.79 Å². The quantitative estimate of drug-likeness (QED) is 0.465. The van der Waals surface area contributed by atoms with Crippen LogP contribution in [0.1, 0.15) is 36.6 Å². The molecule has 6 nitrogen and oxygen atoms in total. The molecule has 0 heterocycles. The molecule has 2 rings (SSSR count). The van der Waals surface area contributed by atoms with Gasteiger partial charge in [-0.05, 0) is 32.4 Å². The molecule has 0 aliphatic rings. The summed E-state index contributed by atoms with van der Waals surface area (Å²) in [4.78, 5) is 14.5. The summed E-state index contributed by atoms with van der Waals surface area (Å²) in [7, 11) is 0. The van der Waals surface area contributed by atoms with Crippen molar-refractivity contribution in [2.24, 2.45) is 0 Å². The number of hydrogen-bond donors (Lipinski definition) is 2. The van der Waals surface area contributed by atoms with Crippen LogP contribution in [-0.2, 0) is 11.3 Å². The Morgan fingerprint density at radius 1 is 1.30 bits per heavy atom. The van der Waals surface area contributed by atoms with E-state index in [1.165, 1.54) is 6.20 Å². The van der Waals surface area contributed by atoms with Crippen LogP contribution in [-0.4, -0.2) is 35.7 Å². The summed E-state index contributed by atoms with van der Waals surface area (Å²) in [6.07, 6.45) is 1.50. The van der Waals surface area contributed by atoms with Crippen LogP contribution in [0.3, 0.4) is 0 Å². The van der Waals surface area contributed by atoms with Crippen LogP contribution in [0, 0.1) is 18.3 Å². The molecule has 0 fully saturated rings. The second-order valence-electron chi connectivity index (χ2n) is 7.00. The molecule has 1 atom stereocenters. The van der Waals surface area contributed by atoms with Crippen molar-refractivity contribution >= 4 is 5.91 Å². The van der Waals surface area contributed by atoms with Crippen molar-refractivity contribution in [3.8, 4) is 11.8 Å². The summed E-state index contributed by atoms with van der Waals surface area (Å²) in [6.45, 7) is 6.99. The first-order valence-electron chi connectivity index (χ1n) is 10.0. The van der Waals surface area contributed by atoms with Crippen LogP contribution in [0.4, 0.5) is 0 Å². The van der Waals surface area contributed by atoms with Gasteiger partial charge in [-0.25, -0.2) is 0 Å². The molecular formula is C24H29N3O3. The number of aliphatic hydroxyl groups is 1. The molecule has 0 saturated heterocycles. The minimum atomic E-state index is -0.468. The maximum Gasteiger partial charge on any atom is 0.263 e. The molecular weight excluding hydrogens is 378 g/mol. The molecule has 0 spiro atoms. The molecule has 1 amide bonds. The zero-order chi connectivity index (χ0) is 21.9. The third kappa shape index (κ3) is 6.64. The predicted molar refractivity (Wildman–Crippen MR) is 117 cm³/mol. The van der Waals surface area contributed by atoms with Crippen molar-refractivity contribution in [3.63, 3.8) is 0 Å². The van der Waals surface area contributed by atoms with Gasteiger partial charge in [-0.1, -0.05) is 48.0 Å². The molecule has 0 saturated carbocycles. The van der Waals surface area contributed by atoms with E-state index in [1.54, 1.807) is 4.90 Å². The van der Waals surface area contributed by atoms with Gasteiger partial charge in [0.2, 0.25) is 0 Å². The van der Waals surface area contributed by atoms with Gasteiger partial charge in [0.25, 0.3) is 5.91 Å². The van der Waals surface area contributed by atoms with Crippen molar-refractivity contribution < 1.29 is 14.6 Å². The Morgan fingerprint density at radius 3 is 2.67 bits per heavy atom. The fourth-order valence-electron chi connectivity index (χ4n) is 3.10. The zero-order valence-corrected chi connectivity index (χ0v) is 17.8. The highest BCUT2D eigenvalue weighted by Gasteiger charge is 2.18. The molecule has 6 heteroatoms. The van der Waals surface area contributed by atoms with Crippen LogP contribution in [0.2, 0.25) is 0 Å². The molecule has 0 aromatic heterocycles. The average molecular weight is 408 g/mol. The summed E-state index contributed by atoms with van der Waals surface area (Å²) >= 11 is 0.